The van der Waals surface area contributed by atoms with E-state index in [1.54, 1.807) is 16.7 Å². The molecule has 1 atom stereocenters. The van der Waals surface area contributed by atoms with E-state index < -0.39 is 27.8 Å². The zero-order valence-electron chi connectivity index (χ0n) is 20.5. The first kappa shape index (κ1) is 26.1. The number of fused-ring (bicyclic) bond motifs is 1. The van der Waals surface area contributed by atoms with E-state index in [0.29, 0.717) is 29.9 Å². The summed E-state index contributed by atoms with van der Waals surface area (Å²) in [4.78, 5) is 30.2. The van der Waals surface area contributed by atoms with Gasteiger partial charge in [-0.3, -0.25) is 9.59 Å². The van der Waals surface area contributed by atoms with E-state index >= 15 is 0 Å². The van der Waals surface area contributed by atoms with Gasteiger partial charge in [-0.05, 0) is 61.2 Å². The molecular formula is C25H29N3O6S2. The van der Waals surface area contributed by atoms with Gasteiger partial charge in [0.15, 0.2) is 4.80 Å². The van der Waals surface area contributed by atoms with Crippen LogP contribution >= 0.6 is 11.3 Å². The lowest BCUT2D eigenvalue weighted by atomic mass is 9.99. The van der Waals surface area contributed by atoms with E-state index in [-0.39, 0.29) is 18.0 Å². The van der Waals surface area contributed by atoms with Gasteiger partial charge in [0.05, 0.1) is 35.2 Å². The van der Waals surface area contributed by atoms with Crippen LogP contribution in [0, 0.1) is 5.92 Å². The van der Waals surface area contributed by atoms with Crippen molar-refractivity contribution in [2.45, 2.75) is 37.6 Å². The fourth-order valence-corrected chi connectivity index (χ4v) is 6.84. The highest BCUT2D eigenvalue weighted by Gasteiger charge is 2.33. The van der Waals surface area contributed by atoms with E-state index in [9.17, 15) is 18.0 Å². The number of hydrogen-bond acceptors (Lipinski definition) is 7. The topological polar surface area (TPSA) is 107 Å². The predicted octanol–water partition coefficient (Wildman–Crippen LogP) is 2.98. The van der Waals surface area contributed by atoms with Gasteiger partial charge in [-0.15, -0.1) is 0 Å². The first-order valence-electron chi connectivity index (χ1n) is 11.7. The standard InChI is InChI=1S/C25H29N3O6S2/c1-4-17-7-12-21-22(14-17)35-25(28(21)16-23(29)34-3)26-24(30)18-6-5-13-27(15-18)36(31,32)20-10-8-19(33-2)9-11-20/h7-12,14,18H,4-6,13,15-16H2,1-3H3. The second-order valence-corrected chi connectivity index (χ2v) is 11.5. The first-order valence-corrected chi connectivity index (χ1v) is 13.9. The Balaban J connectivity index is 1.63. The summed E-state index contributed by atoms with van der Waals surface area (Å²) in [6, 6.07) is 12.1. The van der Waals surface area contributed by atoms with Gasteiger partial charge >= 0.3 is 5.97 Å². The number of carbonyl (C=O) groups is 2. The number of hydrogen-bond donors (Lipinski definition) is 0. The maximum atomic E-state index is 13.2. The molecule has 11 heteroatoms. The van der Waals surface area contributed by atoms with Gasteiger partial charge in [0.2, 0.25) is 10.0 Å². The van der Waals surface area contributed by atoms with Gasteiger partial charge in [-0.25, -0.2) is 8.42 Å². The molecule has 0 bridgehead atoms. The molecule has 0 aliphatic carbocycles. The summed E-state index contributed by atoms with van der Waals surface area (Å²) in [5.74, 6) is -0.855. The monoisotopic (exact) mass is 531 g/mol. The van der Waals surface area contributed by atoms with Crippen molar-refractivity contribution in [1.82, 2.24) is 8.87 Å². The molecule has 1 aliphatic rings. The van der Waals surface area contributed by atoms with Crippen LogP contribution in [-0.2, 0) is 37.3 Å². The summed E-state index contributed by atoms with van der Waals surface area (Å²) in [5, 5.41) is 0. The smallest absolute Gasteiger partial charge is 0.325 e. The highest BCUT2D eigenvalue weighted by atomic mass is 32.2. The number of carbonyl (C=O) groups excluding carboxylic acids is 2. The molecule has 36 heavy (non-hydrogen) atoms. The summed E-state index contributed by atoms with van der Waals surface area (Å²) in [6.45, 7) is 2.37. The molecule has 0 N–H and O–H groups in total. The van der Waals surface area contributed by atoms with Crippen LogP contribution in [0.4, 0.5) is 0 Å². The van der Waals surface area contributed by atoms with Gasteiger partial charge < -0.3 is 14.0 Å². The summed E-state index contributed by atoms with van der Waals surface area (Å²) in [7, 11) is -0.932. The van der Waals surface area contributed by atoms with Gasteiger partial charge in [-0.1, -0.05) is 24.3 Å². The summed E-state index contributed by atoms with van der Waals surface area (Å²) >= 11 is 1.33. The fraction of sp³-hybridized carbons (Fsp3) is 0.400. The summed E-state index contributed by atoms with van der Waals surface area (Å²) < 4.78 is 40.3. The number of piperidine rings is 1. The Morgan fingerprint density at radius 2 is 1.89 bits per heavy atom. The molecule has 4 rings (SSSR count). The Morgan fingerprint density at radius 1 is 1.14 bits per heavy atom. The maximum Gasteiger partial charge on any atom is 0.325 e. The Labute approximate surface area is 214 Å². The zero-order valence-corrected chi connectivity index (χ0v) is 22.1. The van der Waals surface area contributed by atoms with Crippen molar-refractivity contribution in [2.75, 3.05) is 27.3 Å². The molecule has 1 fully saturated rings. The van der Waals surface area contributed by atoms with E-state index in [1.165, 1.54) is 42.0 Å². The Kier molecular flexibility index (Phi) is 7.91. The van der Waals surface area contributed by atoms with Crippen molar-refractivity contribution in [3.8, 4) is 5.75 Å². The van der Waals surface area contributed by atoms with E-state index in [1.807, 2.05) is 18.2 Å². The molecule has 2 aromatic carbocycles. The van der Waals surface area contributed by atoms with Crippen molar-refractivity contribution < 1.29 is 27.5 Å². The fourth-order valence-electron chi connectivity index (χ4n) is 4.21. The minimum atomic E-state index is -3.76. The lowest BCUT2D eigenvalue weighted by molar-refractivity contribution is -0.141. The third-order valence-electron chi connectivity index (χ3n) is 6.31. The summed E-state index contributed by atoms with van der Waals surface area (Å²) in [6.07, 6.45) is 1.95. The van der Waals surface area contributed by atoms with Crippen molar-refractivity contribution in [1.29, 1.82) is 0 Å². The highest BCUT2D eigenvalue weighted by Crippen LogP contribution is 2.26. The number of methoxy groups -OCH3 is 2. The molecular weight excluding hydrogens is 502 g/mol. The first-order chi connectivity index (χ1) is 17.3. The minimum absolute atomic E-state index is 0.0541. The van der Waals surface area contributed by atoms with Crippen LogP contribution in [0.3, 0.4) is 0 Å². The Bertz CT molecular complexity index is 1440. The number of esters is 1. The number of ether oxygens (including phenoxy) is 2. The third kappa shape index (κ3) is 5.37. The van der Waals surface area contributed by atoms with Crippen LogP contribution in [0.5, 0.6) is 5.75 Å². The minimum Gasteiger partial charge on any atom is -0.497 e. The van der Waals surface area contributed by atoms with Crippen LogP contribution in [0.2, 0.25) is 0 Å². The van der Waals surface area contributed by atoms with Crippen molar-refractivity contribution in [2.24, 2.45) is 10.9 Å². The largest absolute Gasteiger partial charge is 0.497 e. The lowest BCUT2D eigenvalue weighted by Crippen LogP contribution is -2.42. The number of thiazole rings is 1. The SMILES string of the molecule is CCc1ccc2c(c1)sc(=NC(=O)C1CCCN(S(=O)(=O)c3ccc(OC)cc3)C1)n2CC(=O)OC. The van der Waals surface area contributed by atoms with E-state index in [4.69, 9.17) is 9.47 Å². The molecule has 1 amide bonds. The van der Waals surface area contributed by atoms with Gasteiger partial charge in [0.1, 0.15) is 12.3 Å². The maximum absolute atomic E-state index is 13.2. The number of amides is 1. The van der Waals surface area contributed by atoms with Gasteiger partial charge in [0, 0.05) is 13.1 Å². The third-order valence-corrected chi connectivity index (χ3v) is 9.23. The number of aryl methyl sites for hydroxylation is 1. The number of aromatic nitrogens is 1. The molecule has 0 spiro atoms. The number of rotatable bonds is 7. The Hall–Kier alpha value is -3.02. The Morgan fingerprint density at radius 3 is 2.56 bits per heavy atom. The van der Waals surface area contributed by atoms with E-state index in [0.717, 1.165) is 22.2 Å². The molecule has 1 saturated heterocycles. The van der Waals surface area contributed by atoms with Crippen LogP contribution in [0.15, 0.2) is 52.4 Å². The van der Waals surface area contributed by atoms with E-state index in [2.05, 4.69) is 11.9 Å². The average Bonchev–Trinajstić information content (AvgIpc) is 3.24. The number of benzene rings is 2. The molecule has 9 nitrogen and oxygen atoms in total. The molecule has 0 saturated carbocycles. The molecule has 1 unspecified atom stereocenters. The van der Waals surface area contributed by atoms with Crippen LogP contribution in [0.25, 0.3) is 10.2 Å². The van der Waals surface area contributed by atoms with Crippen LogP contribution < -0.4 is 9.54 Å². The molecule has 1 aliphatic heterocycles. The lowest BCUT2D eigenvalue weighted by Gasteiger charge is -2.30. The normalized spacial score (nSPS) is 17.3. The van der Waals surface area contributed by atoms with Crippen molar-refractivity contribution >= 4 is 43.5 Å². The number of sulfonamides is 1. The van der Waals surface area contributed by atoms with Gasteiger partial charge in [-0.2, -0.15) is 9.30 Å². The van der Waals surface area contributed by atoms with Crippen molar-refractivity contribution in [3.05, 3.63) is 52.8 Å². The molecule has 2 heterocycles. The van der Waals surface area contributed by atoms with Gasteiger partial charge in [0.25, 0.3) is 5.91 Å². The predicted molar refractivity (Wildman–Crippen MR) is 136 cm³/mol. The quantitative estimate of drug-likeness (QED) is 0.434. The molecule has 3 aromatic rings. The number of nitrogens with zero attached hydrogens (tertiary/aromatic N) is 3. The highest BCUT2D eigenvalue weighted by molar-refractivity contribution is 7.89. The summed E-state index contributed by atoms with van der Waals surface area (Å²) in [5.41, 5.74) is 1.93. The van der Waals surface area contributed by atoms with Crippen LogP contribution in [0.1, 0.15) is 25.3 Å². The zero-order chi connectivity index (χ0) is 25.9. The molecule has 1 aromatic heterocycles. The second kappa shape index (κ2) is 10.9. The molecule has 192 valence electrons. The average molecular weight is 532 g/mol. The second-order valence-electron chi connectivity index (χ2n) is 8.53. The van der Waals surface area contributed by atoms with Crippen molar-refractivity contribution in [3.63, 3.8) is 0 Å². The van der Waals surface area contributed by atoms with Crippen LogP contribution in [-0.4, -0.2) is 56.5 Å². The molecule has 0 radical (unpaired) electrons.